The van der Waals surface area contributed by atoms with Gasteiger partial charge in [-0.1, -0.05) is 31.2 Å². The van der Waals surface area contributed by atoms with E-state index in [1.807, 2.05) is 12.1 Å². The predicted octanol–water partition coefficient (Wildman–Crippen LogP) is 4.44. The van der Waals surface area contributed by atoms with Gasteiger partial charge < -0.3 is 9.64 Å². The molecule has 0 N–H and O–H groups in total. The molecule has 27 heavy (non-hydrogen) atoms. The maximum absolute atomic E-state index is 5.29. The second-order valence-corrected chi connectivity index (χ2v) is 7.11. The van der Waals surface area contributed by atoms with E-state index in [1.165, 1.54) is 23.7 Å². The summed E-state index contributed by atoms with van der Waals surface area (Å²) in [7, 11) is 1.69. The van der Waals surface area contributed by atoms with E-state index in [1.54, 1.807) is 7.11 Å². The number of rotatable bonds is 5. The summed E-state index contributed by atoms with van der Waals surface area (Å²) in [6.45, 7) is 7.72. The maximum atomic E-state index is 5.29. The Bertz CT molecular complexity index is 899. The standard InChI is InChI=1S/C23H27N3O/c1-3-12-25-13-15-26(16-14-25)23-21-7-5-4-6-19(21)17-22(24-23)18-8-10-20(27-2)11-9-18/h4-11,17H,3,12-16H2,1-2H3. The first-order valence-corrected chi connectivity index (χ1v) is 9.80. The van der Waals surface area contributed by atoms with Crippen LogP contribution in [0.2, 0.25) is 0 Å². The second-order valence-electron chi connectivity index (χ2n) is 7.11. The van der Waals surface area contributed by atoms with Crippen molar-refractivity contribution in [1.82, 2.24) is 9.88 Å². The molecule has 2 heterocycles. The molecule has 3 aromatic rings. The minimum Gasteiger partial charge on any atom is -0.497 e. The highest BCUT2D eigenvalue weighted by molar-refractivity contribution is 5.95. The highest BCUT2D eigenvalue weighted by Gasteiger charge is 2.20. The Morgan fingerprint density at radius 1 is 0.963 bits per heavy atom. The van der Waals surface area contributed by atoms with Crippen LogP contribution < -0.4 is 9.64 Å². The molecule has 0 spiro atoms. The summed E-state index contributed by atoms with van der Waals surface area (Å²) in [6, 6.07) is 18.9. The van der Waals surface area contributed by atoms with E-state index >= 15 is 0 Å². The molecule has 4 heteroatoms. The summed E-state index contributed by atoms with van der Waals surface area (Å²) in [6.07, 6.45) is 1.22. The van der Waals surface area contributed by atoms with E-state index in [0.717, 1.165) is 49.0 Å². The van der Waals surface area contributed by atoms with Gasteiger partial charge in [0.25, 0.3) is 0 Å². The molecule has 0 unspecified atom stereocenters. The van der Waals surface area contributed by atoms with Crippen LogP contribution in [0, 0.1) is 0 Å². The van der Waals surface area contributed by atoms with Crippen molar-refractivity contribution < 1.29 is 4.74 Å². The van der Waals surface area contributed by atoms with Crippen molar-refractivity contribution in [2.75, 3.05) is 44.7 Å². The van der Waals surface area contributed by atoms with Gasteiger partial charge in [-0.2, -0.15) is 0 Å². The van der Waals surface area contributed by atoms with Crippen molar-refractivity contribution in [3.05, 3.63) is 54.6 Å². The summed E-state index contributed by atoms with van der Waals surface area (Å²) in [5.41, 5.74) is 2.13. The summed E-state index contributed by atoms with van der Waals surface area (Å²) in [4.78, 5) is 10.1. The van der Waals surface area contributed by atoms with Crippen LogP contribution in [-0.4, -0.2) is 49.7 Å². The van der Waals surface area contributed by atoms with E-state index in [0.29, 0.717) is 0 Å². The van der Waals surface area contributed by atoms with Crippen molar-refractivity contribution in [3.63, 3.8) is 0 Å². The van der Waals surface area contributed by atoms with Crippen molar-refractivity contribution in [2.24, 2.45) is 0 Å². The van der Waals surface area contributed by atoms with Gasteiger partial charge >= 0.3 is 0 Å². The molecule has 0 saturated carbocycles. The molecule has 4 rings (SSSR count). The number of fused-ring (bicyclic) bond motifs is 1. The SMILES string of the molecule is CCCN1CCN(c2nc(-c3ccc(OC)cc3)cc3ccccc23)CC1. The number of aromatic nitrogens is 1. The van der Waals surface area contributed by atoms with Crippen molar-refractivity contribution in [2.45, 2.75) is 13.3 Å². The van der Waals surface area contributed by atoms with Gasteiger partial charge in [-0.3, -0.25) is 4.90 Å². The first kappa shape index (κ1) is 17.8. The van der Waals surface area contributed by atoms with E-state index in [4.69, 9.17) is 9.72 Å². The molecular weight excluding hydrogens is 334 g/mol. The smallest absolute Gasteiger partial charge is 0.137 e. The van der Waals surface area contributed by atoms with Gasteiger partial charge in [0.15, 0.2) is 0 Å². The fraction of sp³-hybridized carbons (Fsp3) is 0.348. The molecule has 0 radical (unpaired) electrons. The number of methoxy groups -OCH3 is 1. The Morgan fingerprint density at radius 3 is 2.41 bits per heavy atom. The van der Waals surface area contributed by atoms with Gasteiger partial charge in [0.05, 0.1) is 12.8 Å². The third-order valence-electron chi connectivity index (χ3n) is 5.32. The van der Waals surface area contributed by atoms with E-state index < -0.39 is 0 Å². The predicted molar refractivity (Wildman–Crippen MR) is 113 cm³/mol. The zero-order valence-corrected chi connectivity index (χ0v) is 16.2. The van der Waals surface area contributed by atoms with E-state index in [-0.39, 0.29) is 0 Å². The number of piperazine rings is 1. The quantitative estimate of drug-likeness (QED) is 0.672. The highest BCUT2D eigenvalue weighted by atomic mass is 16.5. The molecule has 4 nitrogen and oxygen atoms in total. The zero-order valence-electron chi connectivity index (χ0n) is 16.2. The van der Waals surface area contributed by atoms with E-state index in [9.17, 15) is 0 Å². The van der Waals surface area contributed by atoms with Crippen LogP contribution in [0.25, 0.3) is 22.0 Å². The molecule has 0 atom stereocenters. The van der Waals surface area contributed by atoms with E-state index in [2.05, 4.69) is 59.2 Å². The highest BCUT2D eigenvalue weighted by Crippen LogP contribution is 2.31. The molecule has 1 aromatic heterocycles. The Kier molecular flexibility index (Phi) is 5.26. The maximum Gasteiger partial charge on any atom is 0.137 e. The minimum absolute atomic E-state index is 0.867. The zero-order chi connectivity index (χ0) is 18.6. The van der Waals surface area contributed by atoms with Crippen LogP contribution in [0.3, 0.4) is 0 Å². The molecule has 0 bridgehead atoms. The van der Waals surface area contributed by atoms with Crippen LogP contribution in [0.5, 0.6) is 5.75 Å². The fourth-order valence-corrected chi connectivity index (χ4v) is 3.83. The largest absolute Gasteiger partial charge is 0.497 e. The van der Waals surface area contributed by atoms with Gasteiger partial charge in [0.2, 0.25) is 0 Å². The van der Waals surface area contributed by atoms with Gasteiger partial charge in [-0.15, -0.1) is 0 Å². The monoisotopic (exact) mass is 361 g/mol. The molecule has 1 fully saturated rings. The third kappa shape index (κ3) is 3.76. The molecule has 1 saturated heterocycles. The minimum atomic E-state index is 0.867. The van der Waals surface area contributed by atoms with Gasteiger partial charge in [-0.25, -0.2) is 4.98 Å². The molecule has 0 aliphatic carbocycles. The first-order valence-electron chi connectivity index (χ1n) is 9.80. The summed E-state index contributed by atoms with van der Waals surface area (Å²) < 4.78 is 5.29. The summed E-state index contributed by atoms with van der Waals surface area (Å²) in [5.74, 6) is 1.97. The topological polar surface area (TPSA) is 28.6 Å². The third-order valence-corrected chi connectivity index (χ3v) is 5.32. The van der Waals surface area contributed by atoms with Crippen molar-refractivity contribution in [3.8, 4) is 17.0 Å². The normalized spacial score (nSPS) is 15.3. The Labute approximate surface area is 161 Å². The number of hydrogen-bond donors (Lipinski definition) is 0. The molecule has 1 aliphatic rings. The average molecular weight is 361 g/mol. The molecule has 2 aromatic carbocycles. The Morgan fingerprint density at radius 2 is 1.70 bits per heavy atom. The van der Waals surface area contributed by atoms with Crippen LogP contribution >= 0.6 is 0 Å². The number of benzene rings is 2. The van der Waals surface area contributed by atoms with Gasteiger partial charge in [-0.05, 0) is 48.7 Å². The van der Waals surface area contributed by atoms with Gasteiger partial charge in [0.1, 0.15) is 11.6 Å². The number of nitrogens with zero attached hydrogens (tertiary/aromatic N) is 3. The van der Waals surface area contributed by atoms with Crippen molar-refractivity contribution >= 4 is 16.6 Å². The fourth-order valence-electron chi connectivity index (χ4n) is 3.83. The lowest BCUT2D eigenvalue weighted by atomic mass is 10.1. The summed E-state index contributed by atoms with van der Waals surface area (Å²) in [5, 5.41) is 2.48. The summed E-state index contributed by atoms with van der Waals surface area (Å²) >= 11 is 0. The lowest BCUT2D eigenvalue weighted by molar-refractivity contribution is 0.258. The van der Waals surface area contributed by atoms with Crippen molar-refractivity contribution in [1.29, 1.82) is 0 Å². The first-order chi connectivity index (χ1) is 13.3. The number of hydrogen-bond acceptors (Lipinski definition) is 4. The number of ether oxygens (including phenoxy) is 1. The lowest BCUT2D eigenvalue weighted by Crippen LogP contribution is -2.46. The average Bonchev–Trinajstić information content (AvgIpc) is 2.74. The molecular formula is C23H27N3O. The van der Waals surface area contributed by atoms with Crippen LogP contribution in [0.1, 0.15) is 13.3 Å². The number of pyridine rings is 1. The number of anilines is 1. The van der Waals surface area contributed by atoms with Gasteiger partial charge in [0, 0.05) is 37.1 Å². The van der Waals surface area contributed by atoms with Crippen LogP contribution in [0.15, 0.2) is 54.6 Å². The molecule has 0 amide bonds. The second kappa shape index (κ2) is 7.97. The van der Waals surface area contributed by atoms with Crippen LogP contribution in [0.4, 0.5) is 5.82 Å². The molecule has 1 aliphatic heterocycles. The molecule has 140 valence electrons. The lowest BCUT2D eigenvalue weighted by Gasteiger charge is -2.36. The Hall–Kier alpha value is -2.59. The van der Waals surface area contributed by atoms with Crippen LogP contribution in [-0.2, 0) is 0 Å². The Balaban J connectivity index is 1.70.